The fraction of sp³-hybridized carbons (Fsp3) is 0.571. The Labute approximate surface area is 131 Å². The summed E-state index contributed by atoms with van der Waals surface area (Å²) in [7, 11) is -7.00. The van der Waals surface area contributed by atoms with Crippen LogP contribution in [0.25, 0.3) is 0 Å². The van der Waals surface area contributed by atoms with Crippen LogP contribution in [-0.4, -0.2) is 45.2 Å². The molecule has 124 valence electrons. The molecule has 22 heavy (non-hydrogen) atoms. The van der Waals surface area contributed by atoms with Crippen molar-refractivity contribution in [2.45, 2.75) is 37.1 Å². The standard InChI is InChI=1S/C14H20FNO4S2/c1-2-3-9-16(13-8-10-21(17,18)11-13)22(19,20)14-6-4-12(15)5-7-14/h4-7,13H,2-3,8-11H2,1H3/t13-/m1/s1. The largest absolute Gasteiger partial charge is 0.243 e. The van der Waals surface area contributed by atoms with E-state index < -0.39 is 31.7 Å². The van der Waals surface area contributed by atoms with Crippen molar-refractivity contribution in [2.75, 3.05) is 18.1 Å². The first-order chi connectivity index (χ1) is 10.3. The van der Waals surface area contributed by atoms with E-state index in [1.807, 2.05) is 6.92 Å². The smallest absolute Gasteiger partial charge is 0.229 e. The number of unbranched alkanes of at least 4 members (excludes halogenated alkanes) is 1. The average molecular weight is 349 g/mol. The lowest BCUT2D eigenvalue weighted by Crippen LogP contribution is -2.41. The average Bonchev–Trinajstić information content (AvgIpc) is 2.79. The van der Waals surface area contributed by atoms with Gasteiger partial charge in [-0.15, -0.1) is 0 Å². The summed E-state index contributed by atoms with van der Waals surface area (Å²) < 4.78 is 63.1. The highest BCUT2D eigenvalue weighted by molar-refractivity contribution is 7.92. The molecule has 5 nitrogen and oxygen atoms in total. The van der Waals surface area contributed by atoms with Crippen LogP contribution in [0.4, 0.5) is 4.39 Å². The molecule has 0 bridgehead atoms. The molecule has 1 fully saturated rings. The molecule has 0 unspecified atom stereocenters. The first kappa shape index (κ1) is 17.4. The summed E-state index contributed by atoms with van der Waals surface area (Å²) >= 11 is 0. The van der Waals surface area contributed by atoms with E-state index in [9.17, 15) is 21.2 Å². The topological polar surface area (TPSA) is 71.5 Å². The Bertz CT molecular complexity index is 714. The fourth-order valence-electron chi connectivity index (χ4n) is 2.56. The van der Waals surface area contributed by atoms with Gasteiger partial charge >= 0.3 is 0 Å². The van der Waals surface area contributed by atoms with E-state index in [4.69, 9.17) is 0 Å². The predicted molar refractivity (Wildman–Crippen MR) is 82.3 cm³/mol. The van der Waals surface area contributed by atoms with Crippen LogP contribution in [0.3, 0.4) is 0 Å². The van der Waals surface area contributed by atoms with Gasteiger partial charge in [-0.3, -0.25) is 0 Å². The van der Waals surface area contributed by atoms with Gasteiger partial charge in [-0.2, -0.15) is 4.31 Å². The molecule has 1 saturated heterocycles. The number of halogens is 1. The minimum atomic E-state index is -3.82. The monoisotopic (exact) mass is 349 g/mol. The number of hydrogen-bond acceptors (Lipinski definition) is 4. The lowest BCUT2D eigenvalue weighted by atomic mass is 10.2. The van der Waals surface area contributed by atoms with Gasteiger partial charge in [0.25, 0.3) is 0 Å². The van der Waals surface area contributed by atoms with Crippen LogP contribution in [0.2, 0.25) is 0 Å². The summed E-state index contributed by atoms with van der Waals surface area (Å²) in [4.78, 5) is -0.00528. The lowest BCUT2D eigenvalue weighted by molar-refractivity contribution is 0.335. The number of benzene rings is 1. The lowest BCUT2D eigenvalue weighted by Gasteiger charge is -2.27. The van der Waals surface area contributed by atoms with Crippen molar-refractivity contribution in [2.24, 2.45) is 0 Å². The fourth-order valence-corrected chi connectivity index (χ4v) is 6.08. The minimum absolute atomic E-state index is 0.00528. The molecule has 8 heteroatoms. The van der Waals surface area contributed by atoms with Gasteiger partial charge in [-0.25, -0.2) is 21.2 Å². The second-order valence-electron chi connectivity index (χ2n) is 5.48. The molecule has 1 aliphatic rings. The van der Waals surface area contributed by atoms with E-state index in [1.165, 1.54) is 16.4 Å². The molecular formula is C14H20FNO4S2. The summed E-state index contributed by atoms with van der Waals surface area (Å²) in [5.41, 5.74) is 0. The molecule has 1 aliphatic heterocycles. The van der Waals surface area contributed by atoms with E-state index >= 15 is 0 Å². The van der Waals surface area contributed by atoms with E-state index in [0.717, 1.165) is 18.6 Å². The van der Waals surface area contributed by atoms with Crippen LogP contribution in [0.5, 0.6) is 0 Å². The van der Waals surface area contributed by atoms with Gasteiger partial charge in [0.05, 0.1) is 16.4 Å². The molecule has 1 aromatic carbocycles. The normalized spacial score (nSPS) is 21.3. The zero-order valence-electron chi connectivity index (χ0n) is 12.4. The Morgan fingerprint density at radius 1 is 1.27 bits per heavy atom. The molecule has 0 aromatic heterocycles. The van der Waals surface area contributed by atoms with E-state index in [0.29, 0.717) is 12.8 Å². The van der Waals surface area contributed by atoms with Gasteiger partial charge in [0.2, 0.25) is 10.0 Å². The van der Waals surface area contributed by atoms with Crippen molar-refractivity contribution in [3.63, 3.8) is 0 Å². The first-order valence-electron chi connectivity index (χ1n) is 7.24. The van der Waals surface area contributed by atoms with Crippen molar-refractivity contribution in [3.05, 3.63) is 30.1 Å². The maximum Gasteiger partial charge on any atom is 0.243 e. The molecule has 1 atom stereocenters. The molecule has 0 amide bonds. The maximum atomic E-state index is 13.0. The Balaban J connectivity index is 2.33. The maximum absolute atomic E-state index is 13.0. The zero-order valence-corrected chi connectivity index (χ0v) is 14.0. The molecule has 1 heterocycles. The number of sulfone groups is 1. The Morgan fingerprint density at radius 2 is 1.91 bits per heavy atom. The van der Waals surface area contributed by atoms with Crippen molar-refractivity contribution >= 4 is 19.9 Å². The van der Waals surface area contributed by atoms with Crippen LogP contribution < -0.4 is 0 Å². The summed E-state index contributed by atoms with van der Waals surface area (Å²) in [6, 6.07) is 4.08. The molecule has 0 spiro atoms. The van der Waals surface area contributed by atoms with E-state index in [1.54, 1.807) is 0 Å². The van der Waals surface area contributed by atoms with Crippen LogP contribution in [-0.2, 0) is 19.9 Å². The van der Waals surface area contributed by atoms with Gasteiger partial charge in [0.15, 0.2) is 9.84 Å². The van der Waals surface area contributed by atoms with E-state index in [2.05, 4.69) is 0 Å². The number of sulfonamides is 1. The predicted octanol–water partition coefficient (Wildman–Crippen LogP) is 1.80. The van der Waals surface area contributed by atoms with Crippen LogP contribution in [0.15, 0.2) is 29.2 Å². The quantitative estimate of drug-likeness (QED) is 0.785. The minimum Gasteiger partial charge on any atom is -0.229 e. The number of hydrogen-bond donors (Lipinski definition) is 0. The molecule has 0 aliphatic carbocycles. The second kappa shape index (κ2) is 6.64. The Morgan fingerprint density at radius 3 is 2.41 bits per heavy atom. The second-order valence-corrected chi connectivity index (χ2v) is 9.60. The molecular weight excluding hydrogens is 329 g/mol. The Hall–Kier alpha value is -0.990. The zero-order chi connectivity index (χ0) is 16.4. The molecule has 1 aromatic rings. The van der Waals surface area contributed by atoms with Gasteiger partial charge in [0.1, 0.15) is 5.82 Å². The number of rotatable bonds is 6. The summed E-state index contributed by atoms with van der Waals surface area (Å²) in [6.45, 7) is 2.21. The van der Waals surface area contributed by atoms with Gasteiger partial charge < -0.3 is 0 Å². The SMILES string of the molecule is CCCCN([C@@H]1CCS(=O)(=O)C1)S(=O)(=O)c1ccc(F)cc1. The molecule has 2 rings (SSSR count). The van der Waals surface area contributed by atoms with Crippen LogP contribution >= 0.6 is 0 Å². The van der Waals surface area contributed by atoms with Crippen molar-refractivity contribution in [1.82, 2.24) is 4.31 Å². The van der Waals surface area contributed by atoms with Gasteiger partial charge in [-0.1, -0.05) is 13.3 Å². The van der Waals surface area contributed by atoms with Gasteiger partial charge in [-0.05, 0) is 37.1 Å². The first-order valence-corrected chi connectivity index (χ1v) is 10.5. The van der Waals surface area contributed by atoms with Gasteiger partial charge in [0, 0.05) is 12.6 Å². The highest BCUT2D eigenvalue weighted by atomic mass is 32.2. The summed E-state index contributed by atoms with van der Waals surface area (Å²) in [6.07, 6.45) is 1.76. The molecule has 0 N–H and O–H groups in total. The highest BCUT2D eigenvalue weighted by Gasteiger charge is 2.38. The number of nitrogens with zero attached hydrogens (tertiary/aromatic N) is 1. The van der Waals surface area contributed by atoms with Crippen molar-refractivity contribution in [1.29, 1.82) is 0 Å². The van der Waals surface area contributed by atoms with Crippen LogP contribution in [0, 0.1) is 5.82 Å². The third-order valence-corrected chi connectivity index (χ3v) is 7.48. The highest BCUT2D eigenvalue weighted by Crippen LogP contribution is 2.25. The van der Waals surface area contributed by atoms with Crippen molar-refractivity contribution in [3.8, 4) is 0 Å². The van der Waals surface area contributed by atoms with Crippen LogP contribution in [0.1, 0.15) is 26.2 Å². The molecule has 0 radical (unpaired) electrons. The van der Waals surface area contributed by atoms with E-state index in [-0.39, 0.29) is 22.9 Å². The summed E-state index contributed by atoms with van der Waals surface area (Å²) in [5, 5.41) is 0. The third-order valence-electron chi connectivity index (χ3n) is 3.77. The Kier molecular flexibility index (Phi) is 5.24. The molecule has 0 saturated carbocycles. The van der Waals surface area contributed by atoms with Crippen molar-refractivity contribution < 1.29 is 21.2 Å². The third kappa shape index (κ3) is 3.85. The summed E-state index contributed by atoms with van der Waals surface area (Å²) in [5.74, 6) is -0.640.